The highest BCUT2D eigenvalue weighted by Gasteiger charge is 2.18. The lowest BCUT2D eigenvalue weighted by Gasteiger charge is -2.12. The van der Waals surface area contributed by atoms with Crippen LogP contribution in [0.2, 0.25) is 0 Å². The van der Waals surface area contributed by atoms with E-state index in [2.05, 4.69) is 5.16 Å². The van der Waals surface area contributed by atoms with Crippen molar-refractivity contribution in [2.75, 3.05) is 14.1 Å². The highest BCUT2D eigenvalue weighted by Crippen LogP contribution is 2.21. The Hall–Kier alpha value is -2.65. The van der Waals surface area contributed by atoms with Crippen molar-refractivity contribution < 1.29 is 17.4 Å². The molecule has 3 aromatic heterocycles. The van der Waals surface area contributed by atoms with Crippen LogP contribution in [0.15, 0.2) is 61.4 Å². The molecule has 9 heteroatoms. The van der Waals surface area contributed by atoms with Crippen LogP contribution in [0, 0.1) is 0 Å². The van der Waals surface area contributed by atoms with E-state index in [-0.39, 0.29) is 17.0 Å². The minimum Gasteiger partial charge on any atom is -0.461 e. The highest BCUT2D eigenvalue weighted by molar-refractivity contribution is 7.89. The molecular formula is C15H15N3O5S. The van der Waals surface area contributed by atoms with Gasteiger partial charge in [0, 0.05) is 32.4 Å². The first kappa shape index (κ1) is 16.2. The minimum atomic E-state index is -3.62. The fourth-order valence-electron chi connectivity index (χ4n) is 2.09. The molecule has 0 fully saturated rings. The predicted molar refractivity (Wildman–Crippen MR) is 84.9 cm³/mol. The minimum absolute atomic E-state index is 0.0295. The van der Waals surface area contributed by atoms with Gasteiger partial charge in [0.25, 0.3) is 5.56 Å². The third-order valence-corrected chi connectivity index (χ3v) is 5.19. The maximum absolute atomic E-state index is 12.2. The van der Waals surface area contributed by atoms with Crippen molar-refractivity contribution in [3.8, 4) is 11.5 Å². The Bertz CT molecular complexity index is 1000. The van der Waals surface area contributed by atoms with Gasteiger partial charge in [-0.2, -0.15) is 0 Å². The second-order valence-electron chi connectivity index (χ2n) is 5.28. The summed E-state index contributed by atoms with van der Waals surface area (Å²) in [6.45, 7) is 0.0832. The summed E-state index contributed by atoms with van der Waals surface area (Å²) >= 11 is 0. The van der Waals surface area contributed by atoms with Gasteiger partial charge in [0.1, 0.15) is 5.69 Å². The molecule has 0 bridgehead atoms. The summed E-state index contributed by atoms with van der Waals surface area (Å²) in [7, 11) is -0.767. The third kappa shape index (κ3) is 3.03. The smallest absolute Gasteiger partial charge is 0.250 e. The van der Waals surface area contributed by atoms with Crippen molar-refractivity contribution in [1.29, 1.82) is 0 Å². The molecule has 3 heterocycles. The zero-order valence-electron chi connectivity index (χ0n) is 13.0. The number of furan rings is 1. The molecule has 0 amide bonds. The Kier molecular flexibility index (Phi) is 4.12. The zero-order chi connectivity index (χ0) is 17.3. The predicted octanol–water partition coefficient (Wildman–Crippen LogP) is 1.39. The average Bonchev–Trinajstić information content (AvgIpc) is 3.20. The van der Waals surface area contributed by atoms with Crippen molar-refractivity contribution in [1.82, 2.24) is 14.0 Å². The van der Waals surface area contributed by atoms with Crippen molar-refractivity contribution in [3.05, 3.63) is 58.8 Å². The number of nitrogens with zero attached hydrogens (tertiary/aromatic N) is 3. The maximum Gasteiger partial charge on any atom is 0.250 e. The van der Waals surface area contributed by atoms with Gasteiger partial charge < -0.3 is 13.5 Å². The van der Waals surface area contributed by atoms with Gasteiger partial charge in [-0.3, -0.25) is 4.79 Å². The van der Waals surface area contributed by atoms with Gasteiger partial charge in [-0.1, -0.05) is 5.16 Å². The fraction of sp³-hybridized carbons (Fsp3) is 0.200. The highest BCUT2D eigenvalue weighted by atomic mass is 32.2. The van der Waals surface area contributed by atoms with Crippen LogP contribution in [0.4, 0.5) is 0 Å². The van der Waals surface area contributed by atoms with E-state index in [9.17, 15) is 13.2 Å². The van der Waals surface area contributed by atoms with Crippen molar-refractivity contribution in [3.63, 3.8) is 0 Å². The Balaban J connectivity index is 1.92. The molecule has 3 rings (SSSR count). The van der Waals surface area contributed by atoms with Crippen molar-refractivity contribution in [2.45, 2.75) is 11.4 Å². The zero-order valence-corrected chi connectivity index (χ0v) is 13.9. The molecule has 0 aliphatic rings. The third-order valence-electron chi connectivity index (χ3n) is 3.39. The Morgan fingerprint density at radius 1 is 1.21 bits per heavy atom. The molecule has 0 spiro atoms. The quantitative estimate of drug-likeness (QED) is 0.690. The van der Waals surface area contributed by atoms with Gasteiger partial charge in [0.15, 0.2) is 5.76 Å². The van der Waals surface area contributed by atoms with Crippen molar-refractivity contribution >= 4 is 10.0 Å². The molecule has 126 valence electrons. The van der Waals surface area contributed by atoms with Crippen LogP contribution in [-0.2, 0) is 16.6 Å². The summed E-state index contributed by atoms with van der Waals surface area (Å²) in [6, 6.07) is 7.58. The van der Waals surface area contributed by atoms with Crippen LogP contribution < -0.4 is 5.56 Å². The molecule has 0 aliphatic carbocycles. The first-order valence-corrected chi connectivity index (χ1v) is 8.44. The summed E-state index contributed by atoms with van der Waals surface area (Å²) < 4.78 is 37.1. The summed E-state index contributed by atoms with van der Waals surface area (Å²) in [5.41, 5.74) is 0.137. The van der Waals surface area contributed by atoms with Gasteiger partial charge in [-0.05, 0) is 18.2 Å². The van der Waals surface area contributed by atoms with E-state index >= 15 is 0 Å². The monoisotopic (exact) mass is 349 g/mol. The number of aromatic nitrogens is 2. The molecule has 0 N–H and O–H groups in total. The van der Waals surface area contributed by atoms with Crippen LogP contribution in [0.25, 0.3) is 11.5 Å². The van der Waals surface area contributed by atoms with E-state index < -0.39 is 10.0 Å². The molecule has 0 unspecified atom stereocenters. The largest absolute Gasteiger partial charge is 0.461 e. The second-order valence-corrected chi connectivity index (χ2v) is 7.43. The Morgan fingerprint density at radius 2 is 2.00 bits per heavy atom. The Morgan fingerprint density at radius 3 is 2.67 bits per heavy atom. The van der Waals surface area contributed by atoms with Crippen LogP contribution in [0.3, 0.4) is 0 Å². The van der Waals surface area contributed by atoms with Crippen molar-refractivity contribution in [2.24, 2.45) is 0 Å². The van der Waals surface area contributed by atoms with Crippen LogP contribution in [0.1, 0.15) is 5.69 Å². The van der Waals surface area contributed by atoms with E-state index in [0.29, 0.717) is 17.2 Å². The van der Waals surface area contributed by atoms with Crippen LogP contribution in [-0.4, -0.2) is 36.5 Å². The summed E-state index contributed by atoms with van der Waals surface area (Å²) in [5.74, 6) is 0.949. The summed E-state index contributed by atoms with van der Waals surface area (Å²) in [6.07, 6.45) is 2.80. The van der Waals surface area contributed by atoms with E-state index in [4.69, 9.17) is 8.94 Å². The summed E-state index contributed by atoms with van der Waals surface area (Å²) in [5, 5.41) is 3.88. The van der Waals surface area contributed by atoms with Crippen LogP contribution in [0.5, 0.6) is 0 Å². The van der Waals surface area contributed by atoms with E-state index in [1.54, 1.807) is 18.2 Å². The second kappa shape index (κ2) is 6.10. The van der Waals surface area contributed by atoms with Gasteiger partial charge in [0.2, 0.25) is 15.8 Å². The molecular weight excluding hydrogens is 334 g/mol. The van der Waals surface area contributed by atoms with Gasteiger partial charge >= 0.3 is 0 Å². The number of sulfonamides is 1. The fourth-order valence-corrected chi connectivity index (χ4v) is 3.01. The standard InChI is InChI=1S/C15H15N3O5S/c1-17(2)24(20,21)12-5-6-15(19)18(10-12)9-11-8-14(23-16-11)13-4-3-7-22-13/h3-8,10H,9H2,1-2H3. The lowest BCUT2D eigenvalue weighted by atomic mass is 10.3. The average molecular weight is 349 g/mol. The lowest BCUT2D eigenvalue weighted by Crippen LogP contribution is -2.26. The normalized spacial score (nSPS) is 12.0. The SMILES string of the molecule is CN(C)S(=O)(=O)c1ccc(=O)n(Cc2cc(-c3ccco3)on2)c1. The first-order valence-electron chi connectivity index (χ1n) is 7.00. The molecule has 0 aromatic carbocycles. The molecule has 8 nitrogen and oxygen atoms in total. The molecule has 3 aromatic rings. The van der Waals surface area contributed by atoms with Gasteiger partial charge in [-0.15, -0.1) is 0 Å². The topological polar surface area (TPSA) is 98.6 Å². The van der Waals surface area contributed by atoms with Crippen LogP contribution >= 0.6 is 0 Å². The number of hydrogen-bond donors (Lipinski definition) is 0. The first-order chi connectivity index (χ1) is 11.4. The molecule has 0 saturated heterocycles. The molecule has 0 saturated carbocycles. The van der Waals surface area contributed by atoms with Gasteiger partial charge in [0.05, 0.1) is 17.7 Å². The van der Waals surface area contributed by atoms with E-state index in [1.165, 1.54) is 43.3 Å². The lowest BCUT2D eigenvalue weighted by molar-refractivity contribution is 0.408. The number of pyridine rings is 1. The molecule has 0 atom stereocenters. The van der Waals surface area contributed by atoms with E-state index in [0.717, 1.165) is 4.31 Å². The number of hydrogen-bond acceptors (Lipinski definition) is 6. The van der Waals surface area contributed by atoms with E-state index in [1.807, 2.05) is 0 Å². The maximum atomic E-state index is 12.2. The number of rotatable bonds is 5. The summed E-state index contributed by atoms with van der Waals surface area (Å²) in [4.78, 5) is 12.0. The van der Waals surface area contributed by atoms with Gasteiger partial charge in [-0.25, -0.2) is 12.7 Å². The molecule has 0 aliphatic heterocycles. The molecule has 0 radical (unpaired) electrons. The molecule has 24 heavy (non-hydrogen) atoms. The Labute approximate surface area is 138 Å².